The maximum atomic E-state index is 12.3. The van der Waals surface area contributed by atoms with Crippen molar-refractivity contribution in [1.82, 2.24) is 10.3 Å². The first-order chi connectivity index (χ1) is 11.3. The molecule has 0 saturated heterocycles. The predicted octanol–water partition coefficient (Wildman–Crippen LogP) is 2.79. The van der Waals surface area contributed by atoms with Crippen LogP contribution in [0.4, 0.5) is 5.13 Å². The van der Waals surface area contributed by atoms with Gasteiger partial charge in [-0.2, -0.15) is 0 Å². The summed E-state index contributed by atoms with van der Waals surface area (Å²) in [6.45, 7) is 7.85. The lowest BCUT2D eigenvalue weighted by Gasteiger charge is -2.20. The van der Waals surface area contributed by atoms with Crippen molar-refractivity contribution in [2.75, 3.05) is 5.32 Å². The molecule has 0 saturated carbocycles. The average molecular weight is 351 g/mol. The van der Waals surface area contributed by atoms with E-state index in [0.717, 1.165) is 6.42 Å². The number of hydrogen-bond acceptors (Lipinski definition) is 5. The smallest absolute Gasteiger partial charge is 0.226 e. The van der Waals surface area contributed by atoms with Gasteiger partial charge in [-0.15, -0.1) is 0 Å². The molecule has 1 aliphatic carbocycles. The van der Waals surface area contributed by atoms with Crippen molar-refractivity contribution in [3.8, 4) is 0 Å². The topological polar surface area (TPSA) is 88.2 Å². The maximum absolute atomic E-state index is 12.3. The molecule has 0 unspecified atom stereocenters. The van der Waals surface area contributed by atoms with Crippen LogP contribution in [0.1, 0.15) is 62.3 Å². The van der Waals surface area contributed by atoms with Gasteiger partial charge in [0.25, 0.3) is 0 Å². The molecule has 1 heterocycles. The zero-order valence-corrected chi connectivity index (χ0v) is 15.5. The third-order valence-corrected chi connectivity index (χ3v) is 5.16. The Labute approximate surface area is 146 Å². The van der Waals surface area contributed by atoms with E-state index in [0.29, 0.717) is 34.5 Å². The average Bonchev–Trinajstić information content (AvgIpc) is 2.89. The Morgan fingerprint density at radius 3 is 2.62 bits per heavy atom. The van der Waals surface area contributed by atoms with Gasteiger partial charge in [0.1, 0.15) is 0 Å². The number of aromatic nitrogens is 1. The Kier molecular flexibility index (Phi) is 6.10. The molecule has 2 rings (SSSR count). The van der Waals surface area contributed by atoms with E-state index in [9.17, 15) is 14.4 Å². The maximum Gasteiger partial charge on any atom is 0.226 e. The summed E-state index contributed by atoms with van der Waals surface area (Å²) >= 11 is 1.21. The molecule has 6 nitrogen and oxygen atoms in total. The molecule has 2 amide bonds. The fourth-order valence-electron chi connectivity index (χ4n) is 2.60. The SMILES string of the molecule is CC[C@@H](C)CC(=O)Nc1nc2c(s1)C(=O)C[C@@H](C(=O)NC(C)C)C2. The van der Waals surface area contributed by atoms with Crippen LogP contribution in [0.2, 0.25) is 0 Å². The first-order valence-corrected chi connectivity index (χ1v) is 9.24. The minimum Gasteiger partial charge on any atom is -0.354 e. The van der Waals surface area contributed by atoms with Crippen molar-refractivity contribution in [2.45, 2.75) is 59.4 Å². The summed E-state index contributed by atoms with van der Waals surface area (Å²) in [6, 6.07) is 0.0415. The summed E-state index contributed by atoms with van der Waals surface area (Å²) < 4.78 is 0. The second kappa shape index (κ2) is 7.88. The molecule has 0 spiro atoms. The lowest BCUT2D eigenvalue weighted by Crippen LogP contribution is -2.39. The second-order valence-corrected chi connectivity index (χ2v) is 7.75. The van der Waals surface area contributed by atoms with Crippen molar-refractivity contribution < 1.29 is 14.4 Å². The van der Waals surface area contributed by atoms with Gasteiger partial charge in [-0.1, -0.05) is 31.6 Å². The fourth-order valence-corrected chi connectivity index (χ4v) is 3.56. The van der Waals surface area contributed by atoms with Crippen LogP contribution in [0.3, 0.4) is 0 Å². The van der Waals surface area contributed by atoms with Gasteiger partial charge >= 0.3 is 0 Å². The molecule has 1 aromatic heterocycles. The Balaban J connectivity index is 2.06. The molecule has 0 fully saturated rings. The van der Waals surface area contributed by atoms with Crippen molar-refractivity contribution in [2.24, 2.45) is 11.8 Å². The zero-order chi connectivity index (χ0) is 17.9. The van der Waals surface area contributed by atoms with E-state index in [2.05, 4.69) is 15.6 Å². The second-order valence-electron chi connectivity index (χ2n) is 6.75. The van der Waals surface area contributed by atoms with Crippen LogP contribution in [0.5, 0.6) is 0 Å². The number of anilines is 1. The van der Waals surface area contributed by atoms with Gasteiger partial charge < -0.3 is 10.6 Å². The van der Waals surface area contributed by atoms with E-state index < -0.39 is 0 Å². The number of thiazole rings is 1. The highest BCUT2D eigenvalue weighted by Gasteiger charge is 2.33. The molecule has 132 valence electrons. The minimum atomic E-state index is -0.377. The Morgan fingerprint density at radius 1 is 1.29 bits per heavy atom. The summed E-state index contributed by atoms with van der Waals surface area (Å²) in [6.07, 6.45) is 2.02. The third kappa shape index (κ3) is 4.63. The van der Waals surface area contributed by atoms with Gasteiger partial charge in [0.2, 0.25) is 11.8 Å². The van der Waals surface area contributed by atoms with E-state index in [1.54, 1.807) is 0 Å². The van der Waals surface area contributed by atoms with Gasteiger partial charge in [-0.3, -0.25) is 14.4 Å². The van der Waals surface area contributed by atoms with Crippen molar-refractivity contribution in [1.29, 1.82) is 0 Å². The van der Waals surface area contributed by atoms with Crippen LogP contribution in [-0.2, 0) is 16.0 Å². The lowest BCUT2D eigenvalue weighted by molar-refractivity contribution is -0.125. The number of amides is 2. The minimum absolute atomic E-state index is 0.0415. The fraction of sp³-hybridized carbons (Fsp3) is 0.647. The molecule has 0 bridgehead atoms. The molecule has 2 N–H and O–H groups in total. The summed E-state index contributed by atoms with van der Waals surface area (Å²) in [7, 11) is 0. The predicted molar refractivity (Wildman–Crippen MR) is 94.2 cm³/mol. The van der Waals surface area contributed by atoms with Gasteiger partial charge in [-0.25, -0.2) is 4.98 Å². The van der Waals surface area contributed by atoms with Crippen molar-refractivity contribution in [3.05, 3.63) is 10.6 Å². The van der Waals surface area contributed by atoms with Crippen LogP contribution in [0.15, 0.2) is 0 Å². The monoisotopic (exact) mass is 351 g/mol. The highest BCUT2D eigenvalue weighted by Crippen LogP contribution is 2.32. The van der Waals surface area contributed by atoms with E-state index in [1.165, 1.54) is 11.3 Å². The van der Waals surface area contributed by atoms with Crippen LogP contribution in [-0.4, -0.2) is 28.6 Å². The van der Waals surface area contributed by atoms with Crippen LogP contribution in [0.25, 0.3) is 0 Å². The molecular formula is C17H25N3O3S. The number of nitrogens with one attached hydrogen (secondary N) is 2. The van der Waals surface area contributed by atoms with E-state index in [4.69, 9.17) is 0 Å². The highest BCUT2D eigenvalue weighted by atomic mass is 32.1. The molecule has 0 radical (unpaired) electrons. The number of hydrogen-bond donors (Lipinski definition) is 2. The Hall–Kier alpha value is -1.76. The number of carbonyl (C=O) groups excluding carboxylic acids is 3. The molecule has 1 aliphatic rings. The number of rotatable bonds is 6. The molecule has 24 heavy (non-hydrogen) atoms. The summed E-state index contributed by atoms with van der Waals surface area (Å²) in [5.41, 5.74) is 0.624. The molecule has 0 aliphatic heterocycles. The van der Waals surface area contributed by atoms with Crippen LogP contribution >= 0.6 is 11.3 Å². The van der Waals surface area contributed by atoms with Crippen molar-refractivity contribution >= 4 is 34.1 Å². The highest BCUT2D eigenvalue weighted by molar-refractivity contribution is 7.17. The lowest BCUT2D eigenvalue weighted by atomic mass is 9.89. The zero-order valence-electron chi connectivity index (χ0n) is 14.6. The van der Waals surface area contributed by atoms with Crippen LogP contribution < -0.4 is 10.6 Å². The van der Waals surface area contributed by atoms with Gasteiger partial charge in [-0.05, 0) is 19.8 Å². The first-order valence-electron chi connectivity index (χ1n) is 8.43. The van der Waals surface area contributed by atoms with Crippen LogP contribution in [0, 0.1) is 11.8 Å². The Morgan fingerprint density at radius 2 is 2.00 bits per heavy atom. The van der Waals surface area contributed by atoms with E-state index in [-0.39, 0.29) is 36.0 Å². The summed E-state index contributed by atoms with van der Waals surface area (Å²) in [4.78, 5) is 41.4. The molecule has 1 aromatic rings. The number of carbonyl (C=O) groups is 3. The normalized spacial score (nSPS) is 18.2. The number of Topliss-reactive ketones (excluding diaryl/α,β-unsaturated/α-hetero) is 1. The van der Waals surface area contributed by atoms with Gasteiger partial charge in [0.05, 0.1) is 16.5 Å². The van der Waals surface area contributed by atoms with Crippen molar-refractivity contribution in [3.63, 3.8) is 0 Å². The molecule has 0 aromatic carbocycles. The quantitative estimate of drug-likeness (QED) is 0.825. The summed E-state index contributed by atoms with van der Waals surface area (Å²) in [5, 5.41) is 6.07. The number of nitrogens with zero attached hydrogens (tertiary/aromatic N) is 1. The summed E-state index contributed by atoms with van der Waals surface area (Å²) in [5.74, 6) is -0.333. The number of ketones is 1. The van der Waals surface area contributed by atoms with Gasteiger partial charge in [0, 0.05) is 25.3 Å². The third-order valence-electron chi connectivity index (χ3n) is 4.10. The standard InChI is InChI=1S/C17H25N3O3S/c1-5-10(4)6-14(22)20-17-19-12-7-11(16(23)18-9(2)3)8-13(21)15(12)24-17/h9-11H,5-8H2,1-4H3,(H,18,23)(H,19,20,22)/t10-,11+/m1/s1. The largest absolute Gasteiger partial charge is 0.354 e. The van der Waals surface area contributed by atoms with E-state index in [1.807, 2.05) is 27.7 Å². The molecular weight excluding hydrogens is 326 g/mol. The molecule has 2 atom stereocenters. The Bertz CT molecular complexity index is 639. The van der Waals surface area contributed by atoms with E-state index >= 15 is 0 Å². The van der Waals surface area contributed by atoms with Gasteiger partial charge in [0.15, 0.2) is 10.9 Å². The number of fused-ring (bicyclic) bond motifs is 1. The first kappa shape index (κ1) is 18.6. The molecule has 7 heteroatoms.